The maximum atomic E-state index is 3.74. The van der Waals surface area contributed by atoms with Gasteiger partial charge in [0.15, 0.2) is 0 Å². The summed E-state index contributed by atoms with van der Waals surface area (Å²) in [6.45, 7) is 4.57. The van der Waals surface area contributed by atoms with E-state index in [0.717, 1.165) is 6.04 Å². The molecule has 0 bridgehead atoms. The fraction of sp³-hybridized carbons (Fsp3) is 1.00. The first kappa shape index (κ1) is 11.0. The Labute approximate surface area is 83.3 Å². The standard InChI is InChI=1S/C12H25N/c1-3-11(2)13-12-9-7-5-4-6-8-10-12/h11-13H,3-10H2,1-2H3/t11-/m1/s1. The topological polar surface area (TPSA) is 12.0 Å². The smallest absolute Gasteiger partial charge is 0.00695 e. The van der Waals surface area contributed by atoms with Crippen LogP contribution in [0.15, 0.2) is 0 Å². The third-order valence-electron chi connectivity index (χ3n) is 3.24. The third-order valence-corrected chi connectivity index (χ3v) is 3.24. The SMILES string of the molecule is CC[C@@H](C)NC1CCCCCCC1. The lowest BCUT2D eigenvalue weighted by Gasteiger charge is -2.24. The molecule has 0 aromatic rings. The van der Waals surface area contributed by atoms with Gasteiger partial charge in [0.25, 0.3) is 0 Å². The maximum Gasteiger partial charge on any atom is 0.00695 e. The molecule has 0 aliphatic heterocycles. The molecule has 1 N–H and O–H groups in total. The molecular weight excluding hydrogens is 158 g/mol. The average Bonchev–Trinajstić information content (AvgIpc) is 2.09. The summed E-state index contributed by atoms with van der Waals surface area (Å²) < 4.78 is 0. The predicted octanol–water partition coefficient (Wildman–Crippen LogP) is 3.49. The fourth-order valence-electron chi connectivity index (χ4n) is 2.14. The zero-order valence-corrected chi connectivity index (χ0v) is 9.31. The van der Waals surface area contributed by atoms with Crippen LogP contribution in [0.1, 0.15) is 65.2 Å². The average molecular weight is 183 g/mol. The summed E-state index contributed by atoms with van der Waals surface area (Å²) >= 11 is 0. The van der Waals surface area contributed by atoms with Crippen LogP contribution in [0.4, 0.5) is 0 Å². The van der Waals surface area contributed by atoms with E-state index in [1.807, 2.05) is 0 Å². The minimum Gasteiger partial charge on any atom is -0.312 e. The van der Waals surface area contributed by atoms with Gasteiger partial charge in [-0.15, -0.1) is 0 Å². The summed E-state index contributed by atoms with van der Waals surface area (Å²) in [7, 11) is 0. The first-order valence-electron chi connectivity index (χ1n) is 6.09. The highest BCUT2D eigenvalue weighted by molar-refractivity contribution is 4.72. The van der Waals surface area contributed by atoms with Crippen molar-refractivity contribution >= 4 is 0 Å². The summed E-state index contributed by atoms with van der Waals surface area (Å²) in [5, 5.41) is 3.74. The van der Waals surface area contributed by atoms with Crippen LogP contribution >= 0.6 is 0 Å². The lowest BCUT2D eigenvalue weighted by molar-refractivity contribution is 0.355. The van der Waals surface area contributed by atoms with E-state index in [-0.39, 0.29) is 0 Å². The molecule has 0 aromatic heterocycles. The van der Waals surface area contributed by atoms with E-state index in [0.29, 0.717) is 6.04 Å². The zero-order valence-electron chi connectivity index (χ0n) is 9.31. The largest absolute Gasteiger partial charge is 0.312 e. The molecule has 0 amide bonds. The van der Waals surface area contributed by atoms with Crippen LogP contribution in [0, 0.1) is 0 Å². The Kier molecular flexibility index (Phi) is 5.45. The van der Waals surface area contributed by atoms with E-state index >= 15 is 0 Å². The number of rotatable bonds is 3. The highest BCUT2D eigenvalue weighted by Crippen LogP contribution is 2.17. The monoisotopic (exact) mass is 183 g/mol. The molecule has 0 saturated heterocycles. The van der Waals surface area contributed by atoms with Crippen LogP contribution in [0.25, 0.3) is 0 Å². The van der Waals surface area contributed by atoms with Gasteiger partial charge in [-0.3, -0.25) is 0 Å². The van der Waals surface area contributed by atoms with E-state index in [1.54, 1.807) is 0 Å². The molecule has 0 unspecified atom stereocenters. The van der Waals surface area contributed by atoms with Gasteiger partial charge < -0.3 is 5.32 Å². The van der Waals surface area contributed by atoms with Gasteiger partial charge >= 0.3 is 0 Å². The van der Waals surface area contributed by atoms with Crippen LogP contribution in [0.3, 0.4) is 0 Å². The van der Waals surface area contributed by atoms with Crippen molar-refractivity contribution in [2.75, 3.05) is 0 Å². The minimum absolute atomic E-state index is 0.712. The highest BCUT2D eigenvalue weighted by atomic mass is 14.9. The van der Waals surface area contributed by atoms with Gasteiger partial charge in [-0.05, 0) is 26.2 Å². The Morgan fingerprint density at radius 1 is 1.08 bits per heavy atom. The second kappa shape index (κ2) is 6.42. The molecule has 13 heavy (non-hydrogen) atoms. The Morgan fingerprint density at radius 3 is 2.15 bits per heavy atom. The fourth-order valence-corrected chi connectivity index (χ4v) is 2.14. The minimum atomic E-state index is 0.712. The molecule has 1 nitrogen and oxygen atoms in total. The van der Waals surface area contributed by atoms with Crippen molar-refractivity contribution in [3.8, 4) is 0 Å². The number of hydrogen-bond acceptors (Lipinski definition) is 1. The Balaban J connectivity index is 2.21. The maximum absolute atomic E-state index is 3.74. The van der Waals surface area contributed by atoms with Crippen LogP contribution in [-0.4, -0.2) is 12.1 Å². The summed E-state index contributed by atoms with van der Waals surface area (Å²) in [5.74, 6) is 0. The molecule has 1 atom stereocenters. The molecular formula is C12H25N. The molecule has 1 saturated carbocycles. The highest BCUT2D eigenvalue weighted by Gasteiger charge is 2.12. The predicted molar refractivity (Wildman–Crippen MR) is 59.0 cm³/mol. The van der Waals surface area contributed by atoms with Gasteiger partial charge in [-0.2, -0.15) is 0 Å². The second-order valence-electron chi connectivity index (χ2n) is 4.52. The Hall–Kier alpha value is -0.0400. The summed E-state index contributed by atoms with van der Waals surface area (Å²) in [4.78, 5) is 0. The molecule has 0 aromatic carbocycles. The van der Waals surface area contributed by atoms with Crippen LogP contribution in [0.5, 0.6) is 0 Å². The van der Waals surface area contributed by atoms with Crippen LogP contribution in [0.2, 0.25) is 0 Å². The van der Waals surface area contributed by atoms with Gasteiger partial charge in [0.2, 0.25) is 0 Å². The summed E-state index contributed by atoms with van der Waals surface area (Å²) in [5.41, 5.74) is 0. The lowest BCUT2D eigenvalue weighted by Crippen LogP contribution is -2.36. The summed E-state index contributed by atoms with van der Waals surface area (Å²) in [6.07, 6.45) is 11.3. The molecule has 1 aliphatic rings. The second-order valence-corrected chi connectivity index (χ2v) is 4.52. The molecule has 1 heteroatoms. The first-order chi connectivity index (χ1) is 6.33. The molecule has 78 valence electrons. The van der Waals surface area contributed by atoms with Gasteiger partial charge in [-0.1, -0.05) is 39.0 Å². The zero-order chi connectivity index (χ0) is 9.52. The van der Waals surface area contributed by atoms with Crippen molar-refractivity contribution in [1.82, 2.24) is 5.32 Å². The van der Waals surface area contributed by atoms with Crippen molar-refractivity contribution < 1.29 is 0 Å². The molecule has 0 radical (unpaired) electrons. The van der Waals surface area contributed by atoms with E-state index in [2.05, 4.69) is 19.2 Å². The van der Waals surface area contributed by atoms with Crippen molar-refractivity contribution in [1.29, 1.82) is 0 Å². The quantitative estimate of drug-likeness (QED) is 0.706. The number of hydrogen-bond donors (Lipinski definition) is 1. The lowest BCUT2D eigenvalue weighted by atomic mass is 9.96. The van der Waals surface area contributed by atoms with E-state index in [1.165, 1.54) is 51.4 Å². The van der Waals surface area contributed by atoms with Crippen LogP contribution < -0.4 is 5.32 Å². The van der Waals surface area contributed by atoms with Crippen molar-refractivity contribution in [2.45, 2.75) is 77.3 Å². The van der Waals surface area contributed by atoms with Gasteiger partial charge in [-0.25, -0.2) is 0 Å². The van der Waals surface area contributed by atoms with Gasteiger partial charge in [0.05, 0.1) is 0 Å². The molecule has 1 fully saturated rings. The van der Waals surface area contributed by atoms with Crippen LogP contribution in [-0.2, 0) is 0 Å². The Morgan fingerprint density at radius 2 is 1.62 bits per heavy atom. The molecule has 1 aliphatic carbocycles. The Bertz CT molecular complexity index is 114. The van der Waals surface area contributed by atoms with E-state index in [4.69, 9.17) is 0 Å². The van der Waals surface area contributed by atoms with Gasteiger partial charge in [0.1, 0.15) is 0 Å². The first-order valence-corrected chi connectivity index (χ1v) is 6.09. The molecule has 0 spiro atoms. The molecule has 1 rings (SSSR count). The van der Waals surface area contributed by atoms with Crippen molar-refractivity contribution in [3.05, 3.63) is 0 Å². The van der Waals surface area contributed by atoms with E-state index in [9.17, 15) is 0 Å². The van der Waals surface area contributed by atoms with Gasteiger partial charge in [0, 0.05) is 12.1 Å². The number of nitrogens with one attached hydrogen (secondary N) is 1. The summed E-state index contributed by atoms with van der Waals surface area (Å²) in [6, 6.07) is 1.53. The van der Waals surface area contributed by atoms with Crippen molar-refractivity contribution in [2.24, 2.45) is 0 Å². The molecule has 0 heterocycles. The third kappa shape index (κ3) is 4.66. The van der Waals surface area contributed by atoms with E-state index < -0.39 is 0 Å². The normalized spacial score (nSPS) is 23.5. The van der Waals surface area contributed by atoms with Crippen molar-refractivity contribution in [3.63, 3.8) is 0 Å².